The Balaban J connectivity index is 2.90. The Morgan fingerprint density at radius 1 is 1.14 bits per heavy atom. The van der Waals surface area contributed by atoms with Crippen molar-refractivity contribution < 1.29 is 9.47 Å². The average molecular weight is 294 g/mol. The van der Waals surface area contributed by atoms with Crippen LogP contribution in [0.1, 0.15) is 38.8 Å². The average Bonchev–Trinajstić information content (AvgIpc) is 2.54. The fraction of sp³-hybridized carbons (Fsp3) is 0.647. The minimum atomic E-state index is 0.111. The molecule has 0 aliphatic carbocycles. The number of nitrogens with two attached hydrogens (primary N) is 1. The lowest BCUT2D eigenvalue weighted by molar-refractivity contribution is 0.0888. The van der Waals surface area contributed by atoms with Gasteiger partial charge in [0.1, 0.15) is 5.75 Å². The predicted molar refractivity (Wildman–Crippen MR) is 87.7 cm³/mol. The summed E-state index contributed by atoms with van der Waals surface area (Å²) in [6.45, 7) is 9.68. The highest BCUT2D eigenvalue weighted by Crippen LogP contribution is 2.26. The van der Waals surface area contributed by atoms with Gasteiger partial charge in [0.25, 0.3) is 0 Å². The van der Waals surface area contributed by atoms with Crippen LogP contribution in [0.25, 0.3) is 0 Å². The Hall–Kier alpha value is -1.10. The van der Waals surface area contributed by atoms with Crippen molar-refractivity contribution in [2.75, 3.05) is 33.4 Å². The van der Waals surface area contributed by atoms with Gasteiger partial charge >= 0.3 is 0 Å². The molecule has 21 heavy (non-hydrogen) atoms. The first kappa shape index (κ1) is 18.0. The third kappa shape index (κ3) is 5.30. The summed E-state index contributed by atoms with van der Waals surface area (Å²) >= 11 is 0. The summed E-state index contributed by atoms with van der Waals surface area (Å²) in [5.41, 5.74) is 7.63. The quantitative estimate of drug-likeness (QED) is 0.674. The van der Waals surface area contributed by atoms with Gasteiger partial charge in [0.15, 0.2) is 0 Å². The third-order valence-corrected chi connectivity index (χ3v) is 3.86. The number of benzene rings is 1. The van der Waals surface area contributed by atoms with Crippen LogP contribution in [0.2, 0.25) is 0 Å². The number of hydrogen-bond donors (Lipinski definition) is 1. The highest BCUT2D eigenvalue weighted by Gasteiger charge is 2.24. The Morgan fingerprint density at radius 2 is 1.81 bits per heavy atom. The van der Waals surface area contributed by atoms with Crippen LogP contribution in [0.3, 0.4) is 0 Å². The lowest BCUT2D eigenvalue weighted by Gasteiger charge is -2.35. The summed E-state index contributed by atoms with van der Waals surface area (Å²) in [4.78, 5) is 2.39. The first-order chi connectivity index (χ1) is 10.2. The summed E-state index contributed by atoms with van der Waals surface area (Å²) in [5, 5.41) is 0. The van der Waals surface area contributed by atoms with E-state index in [1.54, 1.807) is 7.11 Å². The van der Waals surface area contributed by atoms with Crippen LogP contribution >= 0.6 is 0 Å². The van der Waals surface area contributed by atoms with Crippen molar-refractivity contribution in [3.63, 3.8) is 0 Å². The molecule has 0 heterocycles. The number of ether oxygens (including phenoxy) is 2. The molecule has 0 radical (unpaired) electrons. The minimum absolute atomic E-state index is 0.111. The molecule has 1 rings (SSSR count). The van der Waals surface area contributed by atoms with Gasteiger partial charge in [-0.1, -0.05) is 26.0 Å². The molecule has 0 saturated carbocycles. The van der Waals surface area contributed by atoms with Gasteiger partial charge in [-0.3, -0.25) is 4.90 Å². The number of hydrogen-bond acceptors (Lipinski definition) is 4. The van der Waals surface area contributed by atoms with E-state index in [1.165, 1.54) is 5.56 Å². The molecule has 0 saturated heterocycles. The Bertz CT molecular complexity index is 381. The summed E-state index contributed by atoms with van der Waals surface area (Å²) in [6, 6.07) is 8.55. The van der Waals surface area contributed by atoms with Crippen LogP contribution in [-0.2, 0) is 4.74 Å². The molecule has 1 aromatic carbocycles. The van der Waals surface area contributed by atoms with Gasteiger partial charge in [0, 0.05) is 25.2 Å². The SMILES string of the molecule is CCOCCN(CC)C(c1ccc(OC)cc1)C(N)CC. The maximum atomic E-state index is 6.39. The van der Waals surface area contributed by atoms with Gasteiger partial charge in [-0.2, -0.15) is 0 Å². The van der Waals surface area contributed by atoms with Crippen molar-refractivity contribution in [1.82, 2.24) is 4.90 Å². The lowest BCUT2D eigenvalue weighted by Crippen LogP contribution is -2.42. The van der Waals surface area contributed by atoms with Gasteiger partial charge in [0.05, 0.1) is 13.7 Å². The molecule has 1 aromatic rings. The molecule has 2 unspecified atom stereocenters. The van der Waals surface area contributed by atoms with Crippen molar-refractivity contribution in [2.24, 2.45) is 5.73 Å². The van der Waals surface area contributed by atoms with E-state index >= 15 is 0 Å². The van der Waals surface area contributed by atoms with E-state index < -0.39 is 0 Å². The second kappa shape index (κ2) is 9.77. The Labute approximate surface area is 129 Å². The first-order valence-corrected chi connectivity index (χ1v) is 7.89. The molecule has 120 valence electrons. The zero-order valence-electron chi connectivity index (χ0n) is 13.8. The van der Waals surface area contributed by atoms with Gasteiger partial charge in [-0.15, -0.1) is 0 Å². The number of rotatable bonds is 10. The molecule has 2 N–H and O–H groups in total. The van der Waals surface area contributed by atoms with E-state index in [-0.39, 0.29) is 12.1 Å². The zero-order valence-corrected chi connectivity index (χ0v) is 13.8. The van der Waals surface area contributed by atoms with Crippen LogP contribution < -0.4 is 10.5 Å². The molecule has 0 bridgehead atoms. The zero-order chi connectivity index (χ0) is 15.7. The minimum Gasteiger partial charge on any atom is -0.497 e. The molecule has 0 spiro atoms. The number of nitrogens with zero attached hydrogens (tertiary/aromatic N) is 1. The van der Waals surface area contributed by atoms with Crippen LogP contribution in [-0.4, -0.2) is 44.4 Å². The molecular formula is C17H30N2O2. The predicted octanol–water partition coefficient (Wildman–Crippen LogP) is 2.83. The van der Waals surface area contributed by atoms with Gasteiger partial charge in [0.2, 0.25) is 0 Å². The second-order valence-electron chi connectivity index (χ2n) is 5.12. The van der Waals surface area contributed by atoms with E-state index in [0.717, 1.165) is 38.5 Å². The van der Waals surface area contributed by atoms with Crippen molar-refractivity contribution >= 4 is 0 Å². The molecule has 0 amide bonds. The molecule has 4 nitrogen and oxygen atoms in total. The second-order valence-corrected chi connectivity index (χ2v) is 5.12. The lowest BCUT2D eigenvalue weighted by atomic mass is 9.96. The van der Waals surface area contributed by atoms with Crippen molar-refractivity contribution in [1.29, 1.82) is 0 Å². The topological polar surface area (TPSA) is 47.7 Å². The van der Waals surface area contributed by atoms with E-state index in [1.807, 2.05) is 19.1 Å². The fourth-order valence-corrected chi connectivity index (χ4v) is 2.57. The third-order valence-electron chi connectivity index (χ3n) is 3.86. The highest BCUT2D eigenvalue weighted by atomic mass is 16.5. The maximum Gasteiger partial charge on any atom is 0.118 e. The molecular weight excluding hydrogens is 264 g/mol. The first-order valence-electron chi connectivity index (χ1n) is 7.89. The van der Waals surface area contributed by atoms with Crippen LogP contribution in [0, 0.1) is 0 Å². The van der Waals surface area contributed by atoms with E-state index in [0.29, 0.717) is 0 Å². The standard InChI is InChI=1S/C17H30N2O2/c1-5-16(18)17(19(6-2)12-13-21-7-3)14-8-10-15(20-4)11-9-14/h8-11,16-17H,5-7,12-13,18H2,1-4H3. The molecule has 0 aliphatic heterocycles. The van der Waals surface area contributed by atoms with Gasteiger partial charge in [-0.05, 0) is 37.6 Å². The summed E-state index contributed by atoms with van der Waals surface area (Å²) in [6.07, 6.45) is 0.946. The number of likely N-dealkylation sites (N-methyl/N-ethyl adjacent to an activating group) is 1. The summed E-state index contributed by atoms with van der Waals surface area (Å²) < 4.78 is 10.7. The Kier molecular flexibility index (Phi) is 8.35. The van der Waals surface area contributed by atoms with E-state index in [9.17, 15) is 0 Å². The van der Waals surface area contributed by atoms with E-state index in [2.05, 4.69) is 30.9 Å². The Morgan fingerprint density at radius 3 is 2.29 bits per heavy atom. The molecule has 0 aliphatic rings. The van der Waals surface area contributed by atoms with Crippen molar-refractivity contribution in [3.05, 3.63) is 29.8 Å². The van der Waals surface area contributed by atoms with E-state index in [4.69, 9.17) is 15.2 Å². The summed E-state index contributed by atoms with van der Waals surface area (Å²) in [5.74, 6) is 0.875. The molecule has 0 aromatic heterocycles. The van der Waals surface area contributed by atoms with Crippen LogP contribution in [0.15, 0.2) is 24.3 Å². The van der Waals surface area contributed by atoms with Gasteiger partial charge in [-0.25, -0.2) is 0 Å². The molecule has 2 atom stereocenters. The highest BCUT2D eigenvalue weighted by molar-refractivity contribution is 5.30. The van der Waals surface area contributed by atoms with Crippen LogP contribution in [0.5, 0.6) is 5.75 Å². The monoisotopic (exact) mass is 294 g/mol. The molecule has 0 fully saturated rings. The van der Waals surface area contributed by atoms with Crippen molar-refractivity contribution in [3.8, 4) is 5.75 Å². The summed E-state index contributed by atoms with van der Waals surface area (Å²) in [7, 11) is 1.69. The smallest absolute Gasteiger partial charge is 0.118 e. The number of methoxy groups -OCH3 is 1. The van der Waals surface area contributed by atoms with Gasteiger partial charge < -0.3 is 15.2 Å². The largest absolute Gasteiger partial charge is 0.497 e. The maximum absolute atomic E-state index is 6.39. The molecule has 4 heteroatoms. The van der Waals surface area contributed by atoms with Crippen molar-refractivity contribution in [2.45, 2.75) is 39.3 Å². The van der Waals surface area contributed by atoms with Crippen LogP contribution in [0.4, 0.5) is 0 Å². The normalized spacial score (nSPS) is 14.2. The fourth-order valence-electron chi connectivity index (χ4n) is 2.57.